The minimum Gasteiger partial charge on any atom is -0.318 e. The summed E-state index contributed by atoms with van der Waals surface area (Å²) in [7, 11) is 1.80. The van der Waals surface area contributed by atoms with Crippen molar-refractivity contribution in [2.75, 3.05) is 7.05 Å². The second-order valence-corrected chi connectivity index (χ2v) is 3.73. The summed E-state index contributed by atoms with van der Waals surface area (Å²) in [4.78, 5) is 13.5. The number of carbonyl (C=O) groups excluding carboxylic acids is 1. The van der Waals surface area contributed by atoms with Gasteiger partial charge in [-0.15, -0.1) is 0 Å². The monoisotopic (exact) mass is 187 g/mol. The second-order valence-electron chi connectivity index (χ2n) is 3.73. The Kier molecular flexibility index (Phi) is 2.12. The molecule has 1 aliphatic rings. The SMILES string of the molecule is CC1=CN(C)C(=O)c2ccccc2C1. The Labute approximate surface area is 83.8 Å². The third-order valence-electron chi connectivity index (χ3n) is 2.45. The third kappa shape index (κ3) is 1.43. The molecule has 2 rings (SSSR count). The van der Waals surface area contributed by atoms with E-state index >= 15 is 0 Å². The Balaban J connectivity index is 2.55. The first-order chi connectivity index (χ1) is 6.68. The molecule has 0 saturated carbocycles. The zero-order valence-corrected chi connectivity index (χ0v) is 8.45. The molecule has 0 atom stereocenters. The van der Waals surface area contributed by atoms with E-state index in [1.54, 1.807) is 11.9 Å². The van der Waals surface area contributed by atoms with Crippen molar-refractivity contribution in [3.63, 3.8) is 0 Å². The van der Waals surface area contributed by atoms with Gasteiger partial charge >= 0.3 is 0 Å². The molecule has 0 spiro atoms. The topological polar surface area (TPSA) is 20.3 Å². The van der Waals surface area contributed by atoms with Gasteiger partial charge in [0.05, 0.1) is 0 Å². The van der Waals surface area contributed by atoms with Crippen LogP contribution in [0.2, 0.25) is 0 Å². The zero-order valence-electron chi connectivity index (χ0n) is 8.45. The van der Waals surface area contributed by atoms with E-state index in [2.05, 4.69) is 0 Å². The average molecular weight is 187 g/mol. The van der Waals surface area contributed by atoms with Crippen molar-refractivity contribution in [3.8, 4) is 0 Å². The van der Waals surface area contributed by atoms with Crippen molar-refractivity contribution in [2.45, 2.75) is 13.3 Å². The summed E-state index contributed by atoms with van der Waals surface area (Å²) in [5, 5.41) is 0. The molecule has 0 radical (unpaired) electrons. The Bertz CT molecular complexity index is 407. The third-order valence-corrected chi connectivity index (χ3v) is 2.45. The predicted octanol–water partition coefficient (Wildman–Crippen LogP) is 2.22. The molecule has 0 aromatic heterocycles. The molecule has 1 aliphatic heterocycles. The van der Waals surface area contributed by atoms with Crippen LogP contribution in [-0.2, 0) is 6.42 Å². The van der Waals surface area contributed by atoms with Crippen molar-refractivity contribution in [2.24, 2.45) is 0 Å². The maximum atomic E-state index is 11.9. The van der Waals surface area contributed by atoms with Gasteiger partial charge < -0.3 is 4.90 Å². The van der Waals surface area contributed by atoms with E-state index in [0.717, 1.165) is 17.5 Å². The van der Waals surface area contributed by atoms with Crippen molar-refractivity contribution < 1.29 is 4.79 Å². The number of hydrogen-bond acceptors (Lipinski definition) is 1. The summed E-state index contributed by atoms with van der Waals surface area (Å²) in [6, 6.07) is 7.79. The van der Waals surface area contributed by atoms with Gasteiger partial charge in [-0.1, -0.05) is 23.8 Å². The molecule has 1 amide bonds. The van der Waals surface area contributed by atoms with Gasteiger partial charge in [-0.25, -0.2) is 0 Å². The number of benzene rings is 1. The second kappa shape index (κ2) is 3.29. The quantitative estimate of drug-likeness (QED) is 0.610. The normalized spacial score (nSPS) is 16.0. The van der Waals surface area contributed by atoms with E-state index in [0.29, 0.717) is 0 Å². The Morgan fingerprint density at radius 2 is 2.00 bits per heavy atom. The minimum atomic E-state index is 0.0810. The highest BCUT2D eigenvalue weighted by atomic mass is 16.2. The standard InChI is InChI=1S/C12H13NO/c1-9-7-10-5-3-4-6-11(10)12(14)13(2)8-9/h3-6,8H,7H2,1-2H3. The number of carbonyl (C=O) groups is 1. The number of allylic oxidation sites excluding steroid dienone is 1. The number of fused-ring (bicyclic) bond motifs is 1. The van der Waals surface area contributed by atoms with Crippen molar-refractivity contribution in [1.29, 1.82) is 0 Å². The van der Waals surface area contributed by atoms with Crippen LogP contribution in [0, 0.1) is 0 Å². The molecule has 1 aromatic rings. The van der Waals surface area contributed by atoms with Gasteiger partial charge in [-0.3, -0.25) is 4.79 Å². The van der Waals surface area contributed by atoms with Crippen molar-refractivity contribution >= 4 is 5.91 Å². The lowest BCUT2D eigenvalue weighted by molar-refractivity contribution is 0.0850. The molecular weight excluding hydrogens is 174 g/mol. The Morgan fingerprint density at radius 3 is 2.79 bits per heavy atom. The van der Waals surface area contributed by atoms with Gasteiger partial charge in [-0.2, -0.15) is 0 Å². The fourth-order valence-corrected chi connectivity index (χ4v) is 1.81. The first-order valence-corrected chi connectivity index (χ1v) is 4.71. The van der Waals surface area contributed by atoms with E-state index in [-0.39, 0.29) is 5.91 Å². The van der Waals surface area contributed by atoms with Crippen LogP contribution in [0.5, 0.6) is 0 Å². The highest BCUT2D eigenvalue weighted by Crippen LogP contribution is 2.19. The number of nitrogens with zero attached hydrogens (tertiary/aromatic N) is 1. The maximum Gasteiger partial charge on any atom is 0.257 e. The molecule has 0 unspecified atom stereocenters. The van der Waals surface area contributed by atoms with E-state index in [9.17, 15) is 4.79 Å². The average Bonchev–Trinajstić information content (AvgIpc) is 2.26. The molecule has 0 fully saturated rings. The van der Waals surface area contributed by atoms with Gasteiger partial charge in [0.1, 0.15) is 0 Å². The highest BCUT2D eigenvalue weighted by Gasteiger charge is 2.17. The van der Waals surface area contributed by atoms with Crippen molar-refractivity contribution in [1.82, 2.24) is 4.90 Å². The molecule has 2 heteroatoms. The van der Waals surface area contributed by atoms with Crippen molar-refractivity contribution in [3.05, 3.63) is 47.2 Å². The van der Waals surface area contributed by atoms with Gasteiger partial charge in [0.25, 0.3) is 5.91 Å². The van der Waals surface area contributed by atoms with Gasteiger partial charge in [0, 0.05) is 18.8 Å². The summed E-state index contributed by atoms with van der Waals surface area (Å²) >= 11 is 0. The summed E-state index contributed by atoms with van der Waals surface area (Å²) in [6.45, 7) is 2.05. The fraction of sp³-hybridized carbons (Fsp3) is 0.250. The summed E-state index contributed by atoms with van der Waals surface area (Å²) in [6.07, 6.45) is 2.77. The van der Waals surface area contributed by atoms with Crippen LogP contribution in [0.25, 0.3) is 0 Å². The molecule has 14 heavy (non-hydrogen) atoms. The number of hydrogen-bond donors (Lipinski definition) is 0. The summed E-state index contributed by atoms with van der Waals surface area (Å²) in [5.41, 5.74) is 3.16. The molecular formula is C12H13NO. The predicted molar refractivity (Wildman–Crippen MR) is 56.0 cm³/mol. The van der Waals surface area contributed by atoms with Crippen LogP contribution in [-0.4, -0.2) is 17.9 Å². The van der Waals surface area contributed by atoms with Gasteiger partial charge in [0.15, 0.2) is 0 Å². The molecule has 0 bridgehead atoms. The molecule has 0 saturated heterocycles. The lowest BCUT2D eigenvalue weighted by atomic mass is 10.0. The number of amides is 1. The van der Waals surface area contributed by atoms with E-state index < -0.39 is 0 Å². The Hall–Kier alpha value is -1.57. The van der Waals surface area contributed by atoms with Gasteiger partial charge in [-0.05, 0) is 25.0 Å². The summed E-state index contributed by atoms with van der Waals surface area (Å²) < 4.78 is 0. The lowest BCUT2D eigenvalue weighted by Gasteiger charge is -2.10. The smallest absolute Gasteiger partial charge is 0.257 e. The molecule has 1 heterocycles. The highest BCUT2D eigenvalue weighted by molar-refractivity contribution is 5.96. The summed E-state index contributed by atoms with van der Waals surface area (Å²) in [5.74, 6) is 0.0810. The lowest BCUT2D eigenvalue weighted by Crippen LogP contribution is -2.20. The zero-order chi connectivity index (χ0) is 10.1. The van der Waals surface area contributed by atoms with E-state index in [1.807, 2.05) is 37.4 Å². The van der Waals surface area contributed by atoms with Crippen LogP contribution >= 0.6 is 0 Å². The van der Waals surface area contributed by atoms with Gasteiger partial charge in [0.2, 0.25) is 0 Å². The first kappa shape index (κ1) is 9.00. The van der Waals surface area contributed by atoms with E-state index in [1.165, 1.54) is 5.57 Å². The van der Waals surface area contributed by atoms with Crippen LogP contribution in [0.15, 0.2) is 36.0 Å². The number of rotatable bonds is 0. The van der Waals surface area contributed by atoms with Crippen LogP contribution in [0.4, 0.5) is 0 Å². The molecule has 0 N–H and O–H groups in total. The van der Waals surface area contributed by atoms with E-state index in [4.69, 9.17) is 0 Å². The van der Waals surface area contributed by atoms with Crippen LogP contribution in [0.1, 0.15) is 22.8 Å². The van der Waals surface area contributed by atoms with Crippen LogP contribution < -0.4 is 0 Å². The molecule has 2 nitrogen and oxygen atoms in total. The first-order valence-electron chi connectivity index (χ1n) is 4.71. The Morgan fingerprint density at radius 1 is 1.29 bits per heavy atom. The molecule has 72 valence electrons. The van der Waals surface area contributed by atoms with Crippen LogP contribution in [0.3, 0.4) is 0 Å². The maximum absolute atomic E-state index is 11.9. The largest absolute Gasteiger partial charge is 0.318 e. The molecule has 1 aromatic carbocycles. The molecule has 0 aliphatic carbocycles. The fourth-order valence-electron chi connectivity index (χ4n) is 1.81. The minimum absolute atomic E-state index is 0.0810.